The van der Waals surface area contributed by atoms with Crippen molar-refractivity contribution in [1.29, 1.82) is 0 Å². The van der Waals surface area contributed by atoms with Gasteiger partial charge in [-0.05, 0) is 49.4 Å². The number of hydrogen-bond donors (Lipinski definition) is 1. The molecule has 0 spiro atoms. The standard InChI is InChI=1S/C22H21N5O3S/c1-2-27(18-10-4-3-5-11-18)31(29,30)19-12-8-9-17(15-19)22(28)23-16-21-25-24-20-13-6-7-14-26(20)21/h3-15H,2,16H2,1H3,(H,23,28). The van der Waals surface area contributed by atoms with E-state index >= 15 is 0 Å². The average Bonchev–Trinajstić information content (AvgIpc) is 3.22. The number of para-hydroxylation sites is 1. The summed E-state index contributed by atoms with van der Waals surface area (Å²) < 4.78 is 29.5. The second kappa shape index (κ2) is 8.57. The maximum absolute atomic E-state index is 13.2. The Labute approximate surface area is 180 Å². The van der Waals surface area contributed by atoms with Crippen LogP contribution in [0.5, 0.6) is 0 Å². The first-order valence-electron chi connectivity index (χ1n) is 9.75. The zero-order chi connectivity index (χ0) is 21.8. The first kappa shape index (κ1) is 20.5. The van der Waals surface area contributed by atoms with Crippen molar-refractivity contribution in [3.8, 4) is 0 Å². The largest absolute Gasteiger partial charge is 0.345 e. The van der Waals surface area contributed by atoms with Crippen LogP contribution < -0.4 is 9.62 Å². The molecule has 4 rings (SSSR count). The second-order valence-corrected chi connectivity index (χ2v) is 8.62. The maximum atomic E-state index is 13.2. The average molecular weight is 436 g/mol. The van der Waals surface area contributed by atoms with E-state index in [1.54, 1.807) is 47.7 Å². The lowest BCUT2D eigenvalue weighted by molar-refractivity contribution is 0.0949. The van der Waals surface area contributed by atoms with Gasteiger partial charge in [0, 0.05) is 18.3 Å². The van der Waals surface area contributed by atoms with E-state index in [0.29, 0.717) is 17.2 Å². The Hall–Kier alpha value is -3.72. The van der Waals surface area contributed by atoms with E-state index in [1.807, 2.05) is 30.5 Å². The summed E-state index contributed by atoms with van der Waals surface area (Å²) >= 11 is 0. The molecule has 1 N–H and O–H groups in total. The highest BCUT2D eigenvalue weighted by molar-refractivity contribution is 7.92. The van der Waals surface area contributed by atoms with Crippen molar-refractivity contribution in [2.24, 2.45) is 0 Å². The van der Waals surface area contributed by atoms with Crippen LogP contribution in [-0.2, 0) is 16.6 Å². The highest BCUT2D eigenvalue weighted by atomic mass is 32.2. The number of carbonyl (C=O) groups is 1. The predicted molar refractivity (Wildman–Crippen MR) is 117 cm³/mol. The lowest BCUT2D eigenvalue weighted by Crippen LogP contribution is -2.31. The predicted octanol–water partition coefficient (Wildman–Crippen LogP) is 2.87. The van der Waals surface area contributed by atoms with Crippen LogP contribution >= 0.6 is 0 Å². The van der Waals surface area contributed by atoms with Crippen molar-refractivity contribution in [2.75, 3.05) is 10.8 Å². The van der Waals surface area contributed by atoms with Gasteiger partial charge in [0.05, 0.1) is 17.1 Å². The summed E-state index contributed by atoms with van der Waals surface area (Å²) in [5.74, 6) is 0.182. The summed E-state index contributed by atoms with van der Waals surface area (Å²) in [6.45, 7) is 2.19. The van der Waals surface area contributed by atoms with Gasteiger partial charge in [-0.15, -0.1) is 10.2 Å². The van der Waals surface area contributed by atoms with Crippen LogP contribution in [0.1, 0.15) is 23.1 Å². The summed E-state index contributed by atoms with van der Waals surface area (Å²) in [5, 5.41) is 10.9. The minimum atomic E-state index is -3.82. The van der Waals surface area contributed by atoms with Crippen LogP contribution in [0.3, 0.4) is 0 Å². The highest BCUT2D eigenvalue weighted by Crippen LogP contribution is 2.23. The number of rotatable bonds is 7. The van der Waals surface area contributed by atoms with Gasteiger partial charge in [-0.1, -0.05) is 30.3 Å². The second-order valence-electron chi connectivity index (χ2n) is 6.76. The number of anilines is 1. The molecule has 0 saturated heterocycles. The Morgan fingerprint density at radius 3 is 2.55 bits per heavy atom. The van der Waals surface area contributed by atoms with Crippen LogP contribution in [-0.4, -0.2) is 35.5 Å². The van der Waals surface area contributed by atoms with Gasteiger partial charge in [0.1, 0.15) is 0 Å². The van der Waals surface area contributed by atoms with Crippen molar-refractivity contribution in [3.05, 3.63) is 90.4 Å². The molecule has 0 aliphatic carbocycles. The third-order valence-electron chi connectivity index (χ3n) is 4.81. The molecule has 2 aromatic heterocycles. The maximum Gasteiger partial charge on any atom is 0.264 e. The smallest absolute Gasteiger partial charge is 0.264 e. The molecule has 8 nitrogen and oxygen atoms in total. The number of nitrogens with zero attached hydrogens (tertiary/aromatic N) is 4. The van der Waals surface area contributed by atoms with Gasteiger partial charge in [0.2, 0.25) is 0 Å². The molecule has 0 unspecified atom stereocenters. The number of pyridine rings is 1. The van der Waals surface area contributed by atoms with Crippen molar-refractivity contribution in [2.45, 2.75) is 18.4 Å². The third-order valence-corrected chi connectivity index (χ3v) is 6.71. The van der Waals surface area contributed by atoms with Gasteiger partial charge in [-0.25, -0.2) is 8.42 Å². The molecular formula is C22H21N5O3S. The fourth-order valence-corrected chi connectivity index (χ4v) is 4.80. The van der Waals surface area contributed by atoms with Crippen molar-refractivity contribution in [3.63, 3.8) is 0 Å². The first-order valence-corrected chi connectivity index (χ1v) is 11.2. The molecule has 0 aliphatic heterocycles. The molecule has 0 radical (unpaired) electrons. The third kappa shape index (κ3) is 4.13. The zero-order valence-electron chi connectivity index (χ0n) is 16.8. The molecule has 0 bridgehead atoms. The molecule has 4 aromatic rings. The van der Waals surface area contributed by atoms with Gasteiger partial charge in [0.15, 0.2) is 11.5 Å². The fourth-order valence-electron chi connectivity index (χ4n) is 3.28. The van der Waals surface area contributed by atoms with E-state index in [1.165, 1.54) is 16.4 Å². The Morgan fingerprint density at radius 2 is 1.77 bits per heavy atom. The van der Waals surface area contributed by atoms with Gasteiger partial charge in [0.25, 0.3) is 15.9 Å². The monoisotopic (exact) mass is 435 g/mol. The summed E-state index contributed by atoms with van der Waals surface area (Å²) in [4.78, 5) is 12.7. The van der Waals surface area contributed by atoms with Crippen LogP contribution in [0.15, 0.2) is 83.9 Å². The van der Waals surface area contributed by atoms with Crippen LogP contribution in [0.2, 0.25) is 0 Å². The fraction of sp³-hybridized carbons (Fsp3) is 0.136. The van der Waals surface area contributed by atoms with Gasteiger partial charge >= 0.3 is 0 Å². The van der Waals surface area contributed by atoms with Crippen molar-refractivity contribution in [1.82, 2.24) is 19.9 Å². The van der Waals surface area contributed by atoms with Gasteiger partial charge in [-0.2, -0.15) is 0 Å². The van der Waals surface area contributed by atoms with E-state index < -0.39 is 15.9 Å². The zero-order valence-corrected chi connectivity index (χ0v) is 17.7. The summed E-state index contributed by atoms with van der Waals surface area (Å²) in [6, 6.07) is 20.4. The molecule has 9 heteroatoms. The number of hydrogen-bond acceptors (Lipinski definition) is 5. The minimum Gasteiger partial charge on any atom is -0.345 e. The normalized spacial score (nSPS) is 11.4. The van der Waals surface area contributed by atoms with E-state index in [9.17, 15) is 13.2 Å². The molecule has 158 valence electrons. The van der Waals surface area contributed by atoms with E-state index in [4.69, 9.17) is 0 Å². The van der Waals surface area contributed by atoms with E-state index in [0.717, 1.165) is 0 Å². The van der Waals surface area contributed by atoms with Gasteiger partial charge < -0.3 is 5.32 Å². The summed E-state index contributed by atoms with van der Waals surface area (Å²) in [7, 11) is -3.82. The number of sulfonamides is 1. The Kier molecular flexibility index (Phi) is 5.68. The van der Waals surface area contributed by atoms with Crippen LogP contribution in [0.4, 0.5) is 5.69 Å². The lowest BCUT2D eigenvalue weighted by atomic mass is 10.2. The molecule has 2 heterocycles. The topological polar surface area (TPSA) is 96.7 Å². The molecule has 31 heavy (non-hydrogen) atoms. The van der Waals surface area contributed by atoms with Crippen LogP contribution in [0, 0.1) is 0 Å². The molecule has 0 atom stereocenters. The summed E-state index contributed by atoms with van der Waals surface area (Å²) in [6.07, 6.45) is 1.81. The first-order chi connectivity index (χ1) is 15.0. The Morgan fingerprint density at radius 1 is 1.00 bits per heavy atom. The Bertz CT molecular complexity index is 1320. The Balaban J connectivity index is 1.55. The molecule has 2 aromatic carbocycles. The van der Waals surface area contributed by atoms with E-state index in [2.05, 4.69) is 15.5 Å². The number of nitrogens with one attached hydrogen (secondary N) is 1. The minimum absolute atomic E-state index is 0.0544. The molecule has 0 aliphatic rings. The number of carbonyl (C=O) groups excluding carboxylic acids is 1. The number of benzene rings is 2. The van der Waals surface area contributed by atoms with Crippen molar-refractivity contribution < 1.29 is 13.2 Å². The molecular weight excluding hydrogens is 414 g/mol. The molecule has 0 fully saturated rings. The number of amides is 1. The highest BCUT2D eigenvalue weighted by Gasteiger charge is 2.24. The van der Waals surface area contributed by atoms with E-state index in [-0.39, 0.29) is 23.5 Å². The molecule has 0 saturated carbocycles. The summed E-state index contributed by atoms with van der Waals surface area (Å²) in [5.41, 5.74) is 1.50. The molecule has 1 amide bonds. The van der Waals surface area contributed by atoms with Crippen molar-refractivity contribution >= 4 is 27.3 Å². The number of aromatic nitrogens is 3. The quantitative estimate of drug-likeness (QED) is 0.482. The van der Waals surface area contributed by atoms with Crippen LogP contribution in [0.25, 0.3) is 5.65 Å². The lowest BCUT2D eigenvalue weighted by Gasteiger charge is -2.23. The van der Waals surface area contributed by atoms with Gasteiger partial charge in [-0.3, -0.25) is 13.5 Å². The number of fused-ring (bicyclic) bond motifs is 1. The SMILES string of the molecule is CCN(c1ccccc1)S(=O)(=O)c1cccc(C(=O)NCc2nnc3ccccn23)c1.